The summed E-state index contributed by atoms with van der Waals surface area (Å²) in [6.45, 7) is 0. The van der Waals surface area contributed by atoms with Crippen molar-refractivity contribution in [2.24, 2.45) is 0 Å². The summed E-state index contributed by atoms with van der Waals surface area (Å²) in [5.41, 5.74) is 0.750. The van der Waals surface area contributed by atoms with E-state index in [0.717, 1.165) is 5.56 Å². The van der Waals surface area contributed by atoms with E-state index in [4.69, 9.17) is 0 Å². The molecule has 1 aromatic carbocycles. The summed E-state index contributed by atoms with van der Waals surface area (Å²) in [7, 11) is -3.07. The van der Waals surface area contributed by atoms with Gasteiger partial charge < -0.3 is 0 Å². The van der Waals surface area contributed by atoms with Gasteiger partial charge in [-0.3, -0.25) is 0 Å². The maximum Gasteiger partial charge on any atom is 0.179 e. The van der Waals surface area contributed by atoms with Crippen LogP contribution in [0, 0.1) is 6.08 Å². The molecule has 13 heavy (non-hydrogen) atoms. The second-order valence-corrected chi connectivity index (χ2v) is 5.03. The van der Waals surface area contributed by atoms with Crippen LogP contribution in [0.25, 0.3) is 6.08 Å². The Labute approximate surface area is 77.8 Å². The predicted octanol–water partition coefficient (Wildman–Crippen LogP) is 1.68. The second-order valence-electron chi connectivity index (χ2n) is 2.96. The van der Waals surface area contributed by atoms with Crippen LogP contribution >= 0.6 is 0 Å². The van der Waals surface area contributed by atoms with E-state index in [0.29, 0.717) is 11.3 Å². The standard InChI is InChI=1S/C10H9O2S/c11-13(12)8-4-3-6-9-5-1-2-7-10(9)13/h1-2,5-7H,4,8H2. The normalized spacial score (nSPS) is 19.1. The molecule has 0 N–H and O–H groups in total. The van der Waals surface area contributed by atoms with Crippen molar-refractivity contribution in [2.45, 2.75) is 11.3 Å². The van der Waals surface area contributed by atoms with Gasteiger partial charge in [0, 0.05) is 0 Å². The van der Waals surface area contributed by atoms with E-state index in [1.54, 1.807) is 24.3 Å². The molecule has 1 aromatic rings. The molecule has 2 rings (SSSR count). The molecule has 67 valence electrons. The molecular weight excluding hydrogens is 184 g/mol. The van der Waals surface area contributed by atoms with Gasteiger partial charge in [-0.25, -0.2) is 8.42 Å². The minimum absolute atomic E-state index is 0.167. The Kier molecular flexibility index (Phi) is 1.96. The number of sulfone groups is 1. The van der Waals surface area contributed by atoms with Crippen molar-refractivity contribution in [2.75, 3.05) is 5.75 Å². The van der Waals surface area contributed by atoms with Crippen LogP contribution in [0.4, 0.5) is 0 Å². The first-order valence-electron chi connectivity index (χ1n) is 4.08. The molecule has 0 bridgehead atoms. The van der Waals surface area contributed by atoms with Gasteiger partial charge in [0.1, 0.15) is 0 Å². The van der Waals surface area contributed by atoms with Gasteiger partial charge in [-0.05, 0) is 24.1 Å². The molecule has 1 radical (unpaired) electrons. The highest BCUT2D eigenvalue weighted by Crippen LogP contribution is 2.21. The molecule has 1 aliphatic heterocycles. The minimum Gasteiger partial charge on any atom is -0.224 e. The van der Waals surface area contributed by atoms with Crippen molar-refractivity contribution in [3.63, 3.8) is 0 Å². The Morgan fingerprint density at radius 3 is 2.85 bits per heavy atom. The van der Waals surface area contributed by atoms with Crippen molar-refractivity contribution < 1.29 is 8.42 Å². The van der Waals surface area contributed by atoms with Crippen LogP contribution in [0.2, 0.25) is 0 Å². The highest BCUT2D eigenvalue weighted by molar-refractivity contribution is 7.91. The summed E-state index contributed by atoms with van der Waals surface area (Å²) in [6.07, 6.45) is 5.19. The number of rotatable bonds is 0. The van der Waals surface area contributed by atoms with Gasteiger partial charge >= 0.3 is 0 Å². The monoisotopic (exact) mass is 193 g/mol. The van der Waals surface area contributed by atoms with Gasteiger partial charge in [0.2, 0.25) is 0 Å². The number of benzene rings is 1. The molecular formula is C10H9O2S. The minimum atomic E-state index is -3.07. The highest BCUT2D eigenvalue weighted by Gasteiger charge is 2.18. The van der Waals surface area contributed by atoms with Gasteiger partial charge in [-0.2, -0.15) is 0 Å². The van der Waals surface area contributed by atoms with Crippen molar-refractivity contribution >= 4 is 15.9 Å². The Hall–Kier alpha value is -1.09. The predicted molar refractivity (Wildman–Crippen MR) is 50.8 cm³/mol. The van der Waals surface area contributed by atoms with Crippen LogP contribution in [0.5, 0.6) is 0 Å². The molecule has 0 aliphatic carbocycles. The maximum atomic E-state index is 11.6. The van der Waals surface area contributed by atoms with E-state index in [-0.39, 0.29) is 5.75 Å². The van der Waals surface area contributed by atoms with E-state index < -0.39 is 9.84 Å². The lowest BCUT2D eigenvalue weighted by Gasteiger charge is -2.02. The fourth-order valence-electron chi connectivity index (χ4n) is 1.37. The molecule has 0 atom stereocenters. The van der Waals surface area contributed by atoms with Crippen molar-refractivity contribution in [1.82, 2.24) is 0 Å². The van der Waals surface area contributed by atoms with E-state index >= 15 is 0 Å². The highest BCUT2D eigenvalue weighted by atomic mass is 32.2. The zero-order valence-corrected chi connectivity index (χ0v) is 7.84. The number of hydrogen-bond acceptors (Lipinski definition) is 2. The molecule has 0 fully saturated rings. The fourth-order valence-corrected chi connectivity index (χ4v) is 2.75. The smallest absolute Gasteiger partial charge is 0.179 e. The van der Waals surface area contributed by atoms with Gasteiger partial charge in [0.05, 0.1) is 10.6 Å². The number of fused-ring (bicyclic) bond motifs is 1. The third-order valence-corrected chi connectivity index (χ3v) is 3.81. The molecule has 0 amide bonds. The molecule has 0 spiro atoms. The zero-order chi connectivity index (χ0) is 9.31. The Morgan fingerprint density at radius 2 is 2.00 bits per heavy atom. The fraction of sp³-hybridized carbons (Fsp3) is 0.200. The average Bonchev–Trinajstić information content (AvgIpc) is 2.26. The van der Waals surface area contributed by atoms with Gasteiger partial charge in [0.25, 0.3) is 0 Å². The first-order chi connectivity index (χ1) is 6.20. The lowest BCUT2D eigenvalue weighted by molar-refractivity contribution is 0.596. The van der Waals surface area contributed by atoms with E-state index in [2.05, 4.69) is 6.08 Å². The molecule has 0 saturated heterocycles. The Bertz CT molecular complexity index is 444. The Morgan fingerprint density at radius 1 is 1.23 bits per heavy atom. The van der Waals surface area contributed by atoms with Crippen molar-refractivity contribution in [3.05, 3.63) is 35.9 Å². The van der Waals surface area contributed by atoms with Crippen LogP contribution in [0.3, 0.4) is 0 Å². The van der Waals surface area contributed by atoms with Gasteiger partial charge in [-0.15, -0.1) is 0 Å². The average molecular weight is 193 g/mol. The molecule has 1 aliphatic rings. The van der Waals surface area contributed by atoms with Crippen LogP contribution in [0.15, 0.2) is 29.2 Å². The first kappa shape index (κ1) is 8.51. The topological polar surface area (TPSA) is 34.1 Å². The van der Waals surface area contributed by atoms with Crippen LogP contribution < -0.4 is 0 Å². The zero-order valence-electron chi connectivity index (χ0n) is 7.03. The number of hydrogen-bond donors (Lipinski definition) is 0. The molecule has 0 saturated carbocycles. The molecule has 0 aromatic heterocycles. The van der Waals surface area contributed by atoms with E-state index in [1.165, 1.54) is 0 Å². The molecule has 2 nitrogen and oxygen atoms in total. The van der Waals surface area contributed by atoms with E-state index in [9.17, 15) is 8.42 Å². The van der Waals surface area contributed by atoms with Gasteiger partial charge in [-0.1, -0.05) is 24.3 Å². The lowest BCUT2D eigenvalue weighted by atomic mass is 10.2. The summed E-state index contributed by atoms with van der Waals surface area (Å²) >= 11 is 0. The second kappa shape index (κ2) is 3.00. The van der Waals surface area contributed by atoms with Crippen LogP contribution in [0.1, 0.15) is 12.0 Å². The van der Waals surface area contributed by atoms with Gasteiger partial charge in [0.15, 0.2) is 9.84 Å². The lowest BCUT2D eigenvalue weighted by Crippen LogP contribution is -2.05. The molecule has 1 heterocycles. The summed E-state index contributed by atoms with van der Waals surface area (Å²) in [4.78, 5) is 0.431. The summed E-state index contributed by atoms with van der Waals surface area (Å²) in [5.74, 6) is 0.167. The first-order valence-corrected chi connectivity index (χ1v) is 5.74. The van der Waals surface area contributed by atoms with Crippen molar-refractivity contribution in [1.29, 1.82) is 0 Å². The SMILES string of the molecule is O=S1(=O)CC[C]=Cc2ccccc21. The number of allylic oxidation sites excluding steroid dienone is 1. The van der Waals surface area contributed by atoms with E-state index in [1.807, 2.05) is 6.07 Å². The molecule has 3 heteroatoms. The quantitative estimate of drug-likeness (QED) is 0.628. The van der Waals surface area contributed by atoms with Crippen LogP contribution in [-0.2, 0) is 9.84 Å². The summed E-state index contributed by atoms with van der Waals surface area (Å²) < 4.78 is 23.3. The largest absolute Gasteiger partial charge is 0.224 e. The maximum absolute atomic E-state index is 11.6. The third kappa shape index (κ3) is 1.52. The van der Waals surface area contributed by atoms with Crippen LogP contribution in [-0.4, -0.2) is 14.2 Å². The van der Waals surface area contributed by atoms with Crippen molar-refractivity contribution in [3.8, 4) is 0 Å². The third-order valence-electron chi connectivity index (χ3n) is 2.03. The summed E-state index contributed by atoms with van der Waals surface area (Å²) in [6, 6.07) is 7.02. The Balaban J connectivity index is 2.70. The summed E-state index contributed by atoms with van der Waals surface area (Å²) in [5, 5.41) is 0. The molecule has 0 unspecified atom stereocenters.